The van der Waals surface area contributed by atoms with Crippen LogP contribution in [-0.2, 0) is 6.54 Å². The lowest BCUT2D eigenvalue weighted by Gasteiger charge is -2.32. The number of rotatable bonds is 3. The molecule has 5 nitrogen and oxygen atoms in total. The minimum absolute atomic E-state index is 0.591. The van der Waals surface area contributed by atoms with Gasteiger partial charge in [-0.05, 0) is 32.4 Å². The Morgan fingerprint density at radius 1 is 1.39 bits per heavy atom. The van der Waals surface area contributed by atoms with Crippen molar-refractivity contribution >= 4 is 0 Å². The first-order chi connectivity index (χ1) is 8.83. The van der Waals surface area contributed by atoms with Gasteiger partial charge in [0.1, 0.15) is 0 Å². The van der Waals surface area contributed by atoms with Gasteiger partial charge in [0, 0.05) is 42.2 Å². The Hall–Kier alpha value is -1.62. The van der Waals surface area contributed by atoms with Gasteiger partial charge < -0.3 is 0 Å². The minimum atomic E-state index is 0.591. The van der Waals surface area contributed by atoms with Crippen molar-refractivity contribution < 1.29 is 0 Å². The van der Waals surface area contributed by atoms with Crippen molar-refractivity contribution in [2.24, 2.45) is 0 Å². The summed E-state index contributed by atoms with van der Waals surface area (Å²) in [7, 11) is 0. The molecule has 2 aromatic rings. The van der Waals surface area contributed by atoms with Crippen molar-refractivity contribution in [2.75, 3.05) is 13.1 Å². The molecule has 0 bridgehead atoms. The molecule has 3 heterocycles. The van der Waals surface area contributed by atoms with Gasteiger partial charge in [-0.25, -0.2) is 0 Å². The summed E-state index contributed by atoms with van der Waals surface area (Å²) in [6.45, 7) is 5.35. The summed E-state index contributed by atoms with van der Waals surface area (Å²) in [5.74, 6) is 0.591. The fraction of sp³-hybridized carbons (Fsp3) is 0.538. The molecule has 18 heavy (non-hydrogen) atoms. The molecular formula is C13H19N5. The van der Waals surface area contributed by atoms with Crippen LogP contribution in [0.1, 0.15) is 35.7 Å². The zero-order chi connectivity index (χ0) is 12.4. The van der Waals surface area contributed by atoms with Crippen LogP contribution in [0.3, 0.4) is 0 Å². The molecule has 1 atom stereocenters. The van der Waals surface area contributed by atoms with Gasteiger partial charge in [0.15, 0.2) is 0 Å². The number of aromatic amines is 2. The predicted octanol–water partition coefficient (Wildman–Crippen LogP) is 1.82. The van der Waals surface area contributed by atoms with Crippen LogP contribution in [0.5, 0.6) is 0 Å². The second kappa shape index (κ2) is 4.94. The van der Waals surface area contributed by atoms with Gasteiger partial charge in [-0.1, -0.05) is 0 Å². The first-order valence-corrected chi connectivity index (χ1v) is 6.53. The number of aromatic nitrogens is 4. The van der Waals surface area contributed by atoms with Crippen LogP contribution in [0.25, 0.3) is 0 Å². The molecule has 0 aliphatic carbocycles. The molecule has 0 aromatic carbocycles. The Morgan fingerprint density at radius 3 is 3.06 bits per heavy atom. The van der Waals surface area contributed by atoms with Crippen LogP contribution in [0, 0.1) is 6.92 Å². The molecule has 2 aromatic heterocycles. The van der Waals surface area contributed by atoms with E-state index in [4.69, 9.17) is 0 Å². The van der Waals surface area contributed by atoms with Crippen LogP contribution >= 0.6 is 0 Å². The zero-order valence-electron chi connectivity index (χ0n) is 10.7. The summed E-state index contributed by atoms with van der Waals surface area (Å²) in [5, 5.41) is 14.2. The van der Waals surface area contributed by atoms with E-state index in [-0.39, 0.29) is 0 Å². The maximum absolute atomic E-state index is 4.09. The van der Waals surface area contributed by atoms with E-state index < -0.39 is 0 Å². The summed E-state index contributed by atoms with van der Waals surface area (Å²) in [6.07, 6.45) is 6.29. The lowest BCUT2D eigenvalue weighted by Crippen LogP contribution is -2.34. The largest absolute Gasteiger partial charge is 0.298 e. The average molecular weight is 245 g/mol. The molecule has 1 unspecified atom stereocenters. The summed E-state index contributed by atoms with van der Waals surface area (Å²) >= 11 is 0. The van der Waals surface area contributed by atoms with E-state index in [1.54, 1.807) is 0 Å². The summed E-state index contributed by atoms with van der Waals surface area (Å²) < 4.78 is 0. The number of aryl methyl sites for hydroxylation is 1. The molecule has 1 aliphatic rings. The molecule has 1 aliphatic heterocycles. The Bertz CT molecular complexity index is 487. The van der Waals surface area contributed by atoms with Gasteiger partial charge in [0.2, 0.25) is 0 Å². The molecular weight excluding hydrogens is 226 g/mol. The highest BCUT2D eigenvalue weighted by atomic mass is 15.2. The molecule has 5 heteroatoms. The topological polar surface area (TPSA) is 60.6 Å². The van der Waals surface area contributed by atoms with Crippen LogP contribution in [0.4, 0.5) is 0 Å². The lowest BCUT2D eigenvalue weighted by molar-refractivity contribution is 0.198. The van der Waals surface area contributed by atoms with Crippen molar-refractivity contribution in [3.8, 4) is 0 Å². The summed E-state index contributed by atoms with van der Waals surface area (Å²) in [4.78, 5) is 2.51. The van der Waals surface area contributed by atoms with Gasteiger partial charge in [0.25, 0.3) is 0 Å². The van der Waals surface area contributed by atoms with Crippen LogP contribution in [0.15, 0.2) is 18.5 Å². The van der Waals surface area contributed by atoms with Crippen LogP contribution in [0.2, 0.25) is 0 Å². The molecule has 0 saturated carbocycles. The van der Waals surface area contributed by atoms with E-state index in [2.05, 4.69) is 38.3 Å². The second-order valence-electron chi connectivity index (χ2n) is 5.11. The fourth-order valence-electron chi connectivity index (χ4n) is 2.72. The van der Waals surface area contributed by atoms with Crippen molar-refractivity contribution in [2.45, 2.75) is 32.2 Å². The highest BCUT2D eigenvalue weighted by Crippen LogP contribution is 2.26. The number of nitrogens with zero attached hydrogens (tertiary/aromatic N) is 3. The zero-order valence-corrected chi connectivity index (χ0v) is 10.7. The standard InChI is InChI=1S/C13H19N5/c1-10-12(7-15-16-10)9-18-6-2-3-11(8-18)13-4-5-14-17-13/h4-5,7,11H,2-3,6,8-9H2,1H3,(H,14,17)(H,15,16). The minimum Gasteiger partial charge on any atom is -0.298 e. The molecule has 1 saturated heterocycles. The Balaban J connectivity index is 1.66. The van der Waals surface area contributed by atoms with Gasteiger partial charge in [0.05, 0.1) is 6.20 Å². The smallest absolute Gasteiger partial charge is 0.0535 e. The van der Waals surface area contributed by atoms with E-state index in [1.165, 1.54) is 36.3 Å². The molecule has 1 fully saturated rings. The molecule has 2 N–H and O–H groups in total. The van der Waals surface area contributed by atoms with E-state index >= 15 is 0 Å². The van der Waals surface area contributed by atoms with E-state index in [0.717, 1.165) is 13.1 Å². The first kappa shape index (κ1) is 11.5. The maximum atomic E-state index is 4.09. The summed E-state index contributed by atoms with van der Waals surface area (Å²) in [6, 6.07) is 2.09. The van der Waals surface area contributed by atoms with E-state index in [1.807, 2.05) is 12.4 Å². The van der Waals surface area contributed by atoms with Crippen molar-refractivity contribution in [1.82, 2.24) is 25.3 Å². The molecule has 0 radical (unpaired) electrons. The highest BCUT2D eigenvalue weighted by Gasteiger charge is 2.22. The van der Waals surface area contributed by atoms with Gasteiger partial charge >= 0.3 is 0 Å². The molecule has 0 spiro atoms. The first-order valence-electron chi connectivity index (χ1n) is 6.53. The molecule has 96 valence electrons. The Morgan fingerprint density at radius 2 is 2.33 bits per heavy atom. The molecule has 3 rings (SSSR count). The van der Waals surface area contributed by atoms with Crippen molar-refractivity contribution in [3.05, 3.63) is 35.4 Å². The van der Waals surface area contributed by atoms with E-state index in [0.29, 0.717) is 5.92 Å². The third kappa shape index (κ3) is 2.31. The van der Waals surface area contributed by atoms with Gasteiger partial charge in [-0.3, -0.25) is 15.1 Å². The SMILES string of the molecule is Cc1[nH]ncc1CN1CCCC(c2ccn[nH]2)C1. The third-order valence-electron chi connectivity index (χ3n) is 3.80. The quantitative estimate of drug-likeness (QED) is 0.867. The Labute approximate surface area is 107 Å². The normalized spacial score (nSPS) is 21.3. The van der Waals surface area contributed by atoms with Gasteiger partial charge in [-0.15, -0.1) is 0 Å². The lowest BCUT2D eigenvalue weighted by atomic mass is 9.94. The monoisotopic (exact) mass is 245 g/mol. The summed E-state index contributed by atoms with van der Waals surface area (Å²) in [5.41, 5.74) is 3.75. The number of H-pyrrole nitrogens is 2. The number of likely N-dealkylation sites (tertiary alicyclic amines) is 1. The fourth-order valence-corrected chi connectivity index (χ4v) is 2.72. The third-order valence-corrected chi connectivity index (χ3v) is 3.80. The van der Waals surface area contributed by atoms with Crippen molar-refractivity contribution in [3.63, 3.8) is 0 Å². The average Bonchev–Trinajstić information content (AvgIpc) is 3.02. The number of hydrogen-bond donors (Lipinski definition) is 2. The Kier molecular flexibility index (Phi) is 3.15. The maximum Gasteiger partial charge on any atom is 0.0535 e. The highest BCUT2D eigenvalue weighted by molar-refractivity contribution is 5.15. The number of piperidine rings is 1. The van der Waals surface area contributed by atoms with Crippen molar-refractivity contribution in [1.29, 1.82) is 0 Å². The van der Waals surface area contributed by atoms with Crippen LogP contribution in [-0.4, -0.2) is 38.4 Å². The predicted molar refractivity (Wildman–Crippen MR) is 69.2 cm³/mol. The van der Waals surface area contributed by atoms with Crippen LogP contribution < -0.4 is 0 Å². The number of nitrogens with one attached hydrogen (secondary N) is 2. The number of hydrogen-bond acceptors (Lipinski definition) is 3. The van der Waals surface area contributed by atoms with E-state index in [9.17, 15) is 0 Å². The molecule has 0 amide bonds. The second-order valence-corrected chi connectivity index (χ2v) is 5.11. The van der Waals surface area contributed by atoms with Gasteiger partial charge in [-0.2, -0.15) is 10.2 Å².